The Morgan fingerprint density at radius 2 is 1.90 bits per heavy atom. The minimum Gasteiger partial charge on any atom is -0.505 e. The molecule has 120 valence electrons. The van der Waals surface area contributed by atoms with Crippen molar-refractivity contribution in [2.24, 2.45) is 17.8 Å². The van der Waals surface area contributed by atoms with Crippen molar-refractivity contribution >= 4 is 0 Å². The summed E-state index contributed by atoms with van der Waals surface area (Å²) in [5, 5.41) is 9.18. The van der Waals surface area contributed by atoms with Crippen LogP contribution < -0.4 is 0 Å². The van der Waals surface area contributed by atoms with Crippen molar-refractivity contribution in [1.29, 1.82) is 0 Å². The number of hydrogen-bond acceptors (Lipinski definition) is 1. The van der Waals surface area contributed by atoms with E-state index in [1.165, 1.54) is 25.3 Å². The smallest absolute Gasteiger partial charge is 0.164 e. The maximum absolute atomic E-state index is 12.7. The fourth-order valence-corrected chi connectivity index (χ4v) is 2.89. The second kappa shape index (κ2) is 8.41. The van der Waals surface area contributed by atoms with Crippen molar-refractivity contribution < 1.29 is 9.50 Å². The number of rotatable bonds is 4. The Balaban J connectivity index is 0.000000240. The third-order valence-corrected chi connectivity index (χ3v) is 4.59. The zero-order chi connectivity index (χ0) is 16.0. The monoisotopic (exact) mass is 294 g/mol. The van der Waals surface area contributed by atoms with Crippen LogP contribution in [0.2, 0.25) is 0 Å². The summed E-state index contributed by atoms with van der Waals surface area (Å²) in [6, 6.07) is 4.67. The molecule has 1 nitrogen and oxygen atoms in total. The lowest BCUT2D eigenvalue weighted by atomic mass is 9.71. The van der Waals surface area contributed by atoms with Gasteiger partial charge in [0.2, 0.25) is 0 Å². The van der Waals surface area contributed by atoms with Crippen LogP contribution in [-0.4, -0.2) is 5.11 Å². The Bertz CT molecular complexity index is 428. The number of phenolic OH excluding ortho intramolecular Hbond substituents is 1. The molecule has 0 saturated heterocycles. The number of halogens is 1. The highest BCUT2D eigenvalue weighted by Gasteiger charge is 2.28. The first kappa shape index (κ1) is 18.0. The summed E-state index contributed by atoms with van der Waals surface area (Å²) in [4.78, 5) is 0. The van der Waals surface area contributed by atoms with Crippen molar-refractivity contribution in [1.82, 2.24) is 0 Å². The largest absolute Gasteiger partial charge is 0.505 e. The van der Waals surface area contributed by atoms with Gasteiger partial charge in [-0.3, -0.25) is 0 Å². The van der Waals surface area contributed by atoms with Crippen LogP contribution >= 0.6 is 0 Å². The quantitative estimate of drug-likeness (QED) is 0.709. The molecule has 1 aliphatic rings. The minimum absolute atomic E-state index is 0.225. The third-order valence-electron chi connectivity index (χ3n) is 4.59. The van der Waals surface area contributed by atoms with Gasteiger partial charge in [0.05, 0.1) is 0 Å². The lowest BCUT2D eigenvalue weighted by molar-refractivity contribution is 0.279. The Hall–Kier alpha value is -1.05. The van der Waals surface area contributed by atoms with E-state index in [1.807, 2.05) is 0 Å². The fourth-order valence-electron chi connectivity index (χ4n) is 2.89. The number of aromatic hydroxyl groups is 1. The molecule has 0 bridgehead atoms. The van der Waals surface area contributed by atoms with Crippen molar-refractivity contribution in [3.05, 3.63) is 29.6 Å². The van der Waals surface area contributed by atoms with Gasteiger partial charge in [0.1, 0.15) is 0 Å². The van der Waals surface area contributed by atoms with Gasteiger partial charge in [0.15, 0.2) is 11.6 Å². The van der Waals surface area contributed by atoms with E-state index in [0.29, 0.717) is 11.8 Å². The summed E-state index contributed by atoms with van der Waals surface area (Å²) in [5.74, 6) is 2.24. The molecule has 1 N–H and O–H groups in total. The summed E-state index contributed by atoms with van der Waals surface area (Å²) in [6.45, 7) is 11.3. The first-order chi connectivity index (χ1) is 9.85. The first-order valence-electron chi connectivity index (χ1n) is 8.33. The highest BCUT2D eigenvalue weighted by molar-refractivity contribution is 5.32. The van der Waals surface area contributed by atoms with Crippen molar-refractivity contribution in [3.8, 4) is 5.75 Å². The van der Waals surface area contributed by atoms with Crippen LogP contribution in [0.25, 0.3) is 0 Å². The average molecular weight is 294 g/mol. The molecule has 1 aromatic rings. The number of benzene rings is 1. The van der Waals surface area contributed by atoms with Gasteiger partial charge in [-0.15, -0.1) is 0 Å². The van der Waals surface area contributed by atoms with E-state index in [4.69, 9.17) is 0 Å². The van der Waals surface area contributed by atoms with Crippen LogP contribution in [0.15, 0.2) is 18.2 Å². The van der Waals surface area contributed by atoms with Crippen LogP contribution in [-0.2, 0) is 0 Å². The summed E-state index contributed by atoms with van der Waals surface area (Å²) < 4.78 is 12.7. The van der Waals surface area contributed by atoms with Gasteiger partial charge in [-0.2, -0.15) is 0 Å². The van der Waals surface area contributed by atoms with E-state index in [1.54, 1.807) is 12.1 Å². The van der Waals surface area contributed by atoms with Gasteiger partial charge in [0.25, 0.3) is 0 Å². The van der Waals surface area contributed by atoms with Crippen LogP contribution in [0.3, 0.4) is 0 Å². The summed E-state index contributed by atoms with van der Waals surface area (Å²) in [5.41, 5.74) is 1.07. The Morgan fingerprint density at radius 3 is 2.24 bits per heavy atom. The molecule has 0 heterocycles. The molecule has 0 amide bonds. The second-order valence-electron chi connectivity index (χ2n) is 7.01. The molecule has 1 aromatic carbocycles. The number of hydrogen-bond donors (Lipinski definition) is 1. The van der Waals surface area contributed by atoms with Crippen LogP contribution in [0.1, 0.15) is 71.8 Å². The molecule has 3 unspecified atom stereocenters. The molecule has 0 radical (unpaired) electrons. The highest BCUT2D eigenvalue weighted by Crippen LogP contribution is 2.42. The Labute approximate surface area is 129 Å². The van der Waals surface area contributed by atoms with Crippen molar-refractivity contribution in [2.45, 2.75) is 66.2 Å². The molecule has 2 rings (SSSR count). The van der Waals surface area contributed by atoms with Gasteiger partial charge < -0.3 is 5.11 Å². The summed E-state index contributed by atoms with van der Waals surface area (Å²) in [7, 11) is 0. The molecule has 1 saturated carbocycles. The van der Waals surface area contributed by atoms with E-state index in [9.17, 15) is 9.50 Å². The zero-order valence-electron chi connectivity index (χ0n) is 14.2. The molecule has 1 aliphatic carbocycles. The highest BCUT2D eigenvalue weighted by atomic mass is 19.1. The predicted octanol–water partition coefficient (Wildman–Crippen LogP) is 6.12. The molecule has 1 fully saturated rings. The first-order valence-corrected chi connectivity index (χ1v) is 8.33. The van der Waals surface area contributed by atoms with Crippen LogP contribution in [0.4, 0.5) is 4.39 Å². The normalized spacial score (nSPS) is 22.2. The predicted molar refractivity (Wildman–Crippen MR) is 88.1 cm³/mol. The van der Waals surface area contributed by atoms with Gasteiger partial charge in [-0.05, 0) is 60.6 Å². The van der Waals surface area contributed by atoms with Crippen molar-refractivity contribution in [2.75, 3.05) is 0 Å². The molecular weight excluding hydrogens is 263 g/mol. The SMILES string of the molecule is CC1CCC1c1ccc(F)c(O)c1.CCC(C)CC(C)C. The lowest BCUT2D eigenvalue weighted by Crippen LogP contribution is -2.20. The molecule has 0 aliphatic heterocycles. The summed E-state index contributed by atoms with van der Waals surface area (Å²) in [6.07, 6.45) is 5.11. The second-order valence-corrected chi connectivity index (χ2v) is 7.01. The molecule has 21 heavy (non-hydrogen) atoms. The molecule has 2 heteroatoms. The molecular formula is C19H31FO. The van der Waals surface area contributed by atoms with E-state index < -0.39 is 5.82 Å². The zero-order valence-corrected chi connectivity index (χ0v) is 14.2. The van der Waals surface area contributed by atoms with Gasteiger partial charge >= 0.3 is 0 Å². The minimum atomic E-state index is -0.532. The third kappa shape index (κ3) is 5.68. The van der Waals surface area contributed by atoms with E-state index >= 15 is 0 Å². The van der Waals surface area contributed by atoms with E-state index in [0.717, 1.165) is 23.8 Å². The van der Waals surface area contributed by atoms with Crippen LogP contribution in [0, 0.1) is 23.6 Å². The lowest BCUT2D eigenvalue weighted by Gasteiger charge is -2.34. The Morgan fingerprint density at radius 1 is 1.24 bits per heavy atom. The molecule has 0 aromatic heterocycles. The van der Waals surface area contributed by atoms with Crippen LogP contribution in [0.5, 0.6) is 5.75 Å². The van der Waals surface area contributed by atoms with E-state index in [2.05, 4.69) is 34.6 Å². The maximum atomic E-state index is 12.7. The topological polar surface area (TPSA) is 20.2 Å². The Kier molecular flexibility index (Phi) is 7.21. The van der Waals surface area contributed by atoms with Gasteiger partial charge in [-0.25, -0.2) is 4.39 Å². The fraction of sp³-hybridized carbons (Fsp3) is 0.684. The maximum Gasteiger partial charge on any atom is 0.164 e. The molecule has 0 spiro atoms. The van der Waals surface area contributed by atoms with E-state index in [-0.39, 0.29) is 5.75 Å². The van der Waals surface area contributed by atoms with Crippen molar-refractivity contribution in [3.63, 3.8) is 0 Å². The van der Waals surface area contributed by atoms with Gasteiger partial charge in [0, 0.05) is 0 Å². The average Bonchev–Trinajstić information content (AvgIpc) is 2.41. The van der Waals surface area contributed by atoms with Gasteiger partial charge in [-0.1, -0.05) is 47.1 Å². The molecule has 3 atom stereocenters. The standard InChI is InChI=1S/C11H13FO.C8H18/c1-7-2-4-9(7)8-3-5-10(12)11(13)6-8;1-5-8(4)6-7(2)3/h3,5-7,9,13H,2,4H2,1H3;7-8H,5-6H2,1-4H3. The summed E-state index contributed by atoms with van der Waals surface area (Å²) >= 11 is 0. The number of phenols is 1.